The molecule has 1 fully saturated rings. The molecule has 7 nitrogen and oxygen atoms in total. The number of rotatable bonds is 3. The van der Waals surface area contributed by atoms with E-state index in [0.717, 1.165) is 0 Å². The summed E-state index contributed by atoms with van der Waals surface area (Å²) in [4.78, 5) is -0.152. The number of nitrogens with two attached hydrogens (primary N) is 1. The van der Waals surface area contributed by atoms with Gasteiger partial charge in [0.25, 0.3) is 0 Å². The maximum Gasteiger partial charge on any atom is 0.242 e. The topological polar surface area (TPSA) is 130 Å². The van der Waals surface area contributed by atoms with Crippen molar-refractivity contribution in [1.82, 2.24) is 4.72 Å². The van der Waals surface area contributed by atoms with Crippen molar-refractivity contribution in [2.24, 2.45) is 0 Å². The molecule has 1 aliphatic rings. The zero-order valence-corrected chi connectivity index (χ0v) is 12.0. The van der Waals surface area contributed by atoms with Crippen molar-refractivity contribution in [3.05, 3.63) is 23.8 Å². The SMILES string of the molecule is N#Cc1ccc(S(=O)(=O)NC2CCS(=O)(=O)C2)c(N)c1. The van der Waals surface area contributed by atoms with Gasteiger partial charge in [0.1, 0.15) is 4.90 Å². The van der Waals surface area contributed by atoms with Gasteiger partial charge in [-0.2, -0.15) is 5.26 Å². The van der Waals surface area contributed by atoms with E-state index in [1.54, 1.807) is 0 Å². The number of sulfonamides is 1. The third-order valence-corrected chi connectivity index (χ3v) is 6.35. The summed E-state index contributed by atoms with van der Waals surface area (Å²) in [5.74, 6) is -0.231. The molecule has 2 rings (SSSR count). The lowest BCUT2D eigenvalue weighted by Gasteiger charge is -2.13. The number of nitrogens with zero attached hydrogens (tertiary/aromatic N) is 1. The maximum absolute atomic E-state index is 12.2. The van der Waals surface area contributed by atoms with Gasteiger partial charge in [0.15, 0.2) is 9.84 Å². The van der Waals surface area contributed by atoms with E-state index in [4.69, 9.17) is 11.0 Å². The molecule has 1 atom stereocenters. The summed E-state index contributed by atoms with van der Waals surface area (Å²) in [5, 5.41) is 8.71. The predicted molar refractivity (Wildman–Crippen MR) is 72.9 cm³/mol. The second kappa shape index (κ2) is 5.05. The highest BCUT2D eigenvalue weighted by atomic mass is 32.2. The smallest absolute Gasteiger partial charge is 0.242 e. The minimum Gasteiger partial charge on any atom is -0.398 e. The van der Waals surface area contributed by atoms with Gasteiger partial charge >= 0.3 is 0 Å². The average molecular weight is 315 g/mol. The fourth-order valence-electron chi connectivity index (χ4n) is 2.03. The number of nitrogen functional groups attached to an aromatic ring is 1. The fraction of sp³-hybridized carbons (Fsp3) is 0.364. The number of benzene rings is 1. The van der Waals surface area contributed by atoms with E-state index in [1.165, 1.54) is 18.2 Å². The van der Waals surface area contributed by atoms with Gasteiger partial charge in [0.2, 0.25) is 10.0 Å². The first-order valence-corrected chi connectivity index (χ1v) is 9.06. The summed E-state index contributed by atoms with van der Waals surface area (Å²) >= 11 is 0. The zero-order chi connectivity index (χ0) is 15.0. The lowest BCUT2D eigenvalue weighted by Crippen LogP contribution is -2.35. The molecule has 0 bridgehead atoms. The van der Waals surface area contributed by atoms with E-state index in [9.17, 15) is 16.8 Å². The molecular weight excluding hydrogens is 302 g/mol. The molecule has 0 spiro atoms. The minimum atomic E-state index is -3.90. The van der Waals surface area contributed by atoms with Crippen LogP contribution in [0.2, 0.25) is 0 Å². The standard InChI is InChI=1S/C11H13N3O4S2/c12-6-8-1-2-11(10(13)5-8)20(17,18)14-9-3-4-19(15,16)7-9/h1-2,5,9,14H,3-4,7,13H2. The molecule has 1 heterocycles. The average Bonchev–Trinajstić information content (AvgIpc) is 2.67. The van der Waals surface area contributed by atoms with Crippen LogP contribution in [-0.2, 0) is 19.9 Å². The van der Waals surface area contributed by atoms with Gasteiger partial charge in [0, 0.05) is 6.04 Å². The Morgan fingerprint density at radius 1 is 1.40 bits per heavy atom. The van der Waals surface area contributed by atoms with Crippen LogP contribution in [0, 0.1) is 11.3 Å². The molecule has 108 valence electrons. The number of hydrogen-bond acceptors (Lipinski definition) is 6. The largest absolute Gasteiger partial charge is 0.398 e. The zero-order valence-electron chi connectivity index (χ0n) is 10.4. The summed E-state index contributed by atoms with van der Waals surface area (Å²) in [6.45, 7) is 0. The molecule has 0 amide bonds. The molecule has 1 aromatic carbocycles. The van der Waals surface area contributed by atoms with Crippen LogP contribution in [0.15, 0.2) is 23.1 Å². The predicted octanol–water partition coefficient (Wildman–Crippen LogP) is -0.394. The first kappa shape index (κ1) is 14.8. The Morgan fingerprint density at radius 3 is 2.60 bits per heavy atom. The van der Waals surface area contributed by atoms with Crippen LogP contribution in [0.4, 0.5) is 5.69 Å². The number of hydrogen-bond donors (Lipinski definition) is 2. The first-order chi connectivity index (χ1) is 9.23. The summed E-state index contributed by atoms with van der Waals surface area (Å²) < 4.78 is 49.3. The van der Waals surface area contributed by atoms with Crippen LogP contribution in [0.3, 0.4) is 0 Å². The van der Waals surface area contributed by atoms with Crippen LogP contribution < -0.4 is 10.5 Å². The van der Waals surface area contributed by atoms with Crippen molar-refractivity contribution in [3.8, 4) is 6.07 Å². The van der Waals surface area contributed by atoms with E-state index in [2.05, 4.69) is 4.72 Å². The summed E-state index contributed by atoms with van der Waals surface area (Å²) in [7, 11) is -7.07. The van der Waals surface area contributed by atoms with Gasteiger partial charge < -0.3 is 5.73 Å². The van der Waals surface area contributed by atoms with Crippen LogP contribution in [-0.4, -0.2) is 34.4 Å². The van der Waals surface area contributed by atoms with E-state index in [1.807, 2.05) is 6.07 Å². The van der Waals surface area contributed by atoms with Gasteiger partial charge in [-0.3, -0.25) is 0 Å². The van der Waals surface area contributed by atoms with E-state index >= 15 is 0 Å². The lowest BCUT2D eigenvalue weighted by molar-refractivity contribution is 0.563. The molecule has 1 saturated heterocycles. The number of anilines is 1. The first-order valence-electron chi connectivity index (χ1n) is 5.76. The molecule has 1 unspecified atom stereocenters. The molecule has 1 aliphatic heterocycles. The third-order valence-electron chi connectivity index (χ3n) is 2.98. The van der Waals surface area contributed by atoms with Crippen molar-refractivity contribution in [2.75, 3.05) is 17.2 Å². The van der Waals surface area contributed by atoms with E-state index in [-0.39, 0.29) is 34.1 Å². The molecule has 0 aromatic heterocycles. The maximum atomic E-state index is 12.2. The van der Waals surface area contributed by atoms with Crippen molar-refractivity contribution < 1.29 is 16.8 Å². The number of nitriles is 1. The monoisotopic (exact) mass is 315 g/mol. The van der Waals surface area contributed by atoms with Crippen LogP contribution in [0.1, 0.15) is 12.0 Å². The van der Waals surface area contributed by atoms with Gasteiger partial charge in [0.05, 0.1) is 28.8 Å². The number of nitrogens with one attached hydrogen (secondary N) is 1. The highest BCUT2D eigenvalue weighted by molar-refractivity contribution is 7.92. The Kier molecular flexibility index (Phi) is 3.73. The molecule has 20 heavy (non-hydrogen) atoms. The Labute approximate surface area is 117 Å². The highest BCUT2D eigenvalue weighted by Crippen LogP contribution is 2.21. The molecule has 3 N–H and O–H groups in total. The molecule has 1 aromatic rings. The molecule has 0 aliphatic carbocycles. The van der Waals surface area contributed by atoms with E-state index in [0.29, 0.717) is 0 Å². The Balaban J connectivity index is 2.26. The van der Waals surface area contributed by atoms with Gasteiger partial charge in [-0.05, 0) is 24.6 Å². The quantitative estimate of drug-likeness (QED) is 0.730. The Hall–Kier alpha value is -1.63. The summed E-state index contributed by atoms with van der Waals surface area (Å²) in [6, 6.07) is 5.06. The molecule has 9 heteroatoms. The molecule has 0 radical (unpaired) electrons. The number of sulfone groups is 1. The Morgan fingerprint density at radius 2 is 2.10 bits per heavy atom. The van der Waals surface area contributed by atoms with Gasteiger partial charge in [-0.25, -0.2) is 21.6 Å². The van der Waals surface area contributed by atoms with E-state index < -0.39 is 25.9 Å². The fourth-order valence-corrected chi connectivity index (χ4v) is 5.20. The second-order valence-corrected chi connectivity index (χ2v) is 8.50. The highest BCUT2D eigenvalue weighted by Gasteiger charge is 2.32. The summed E-state index contributed by atoms with van der Waals surface area (Å²) in [5.41, 5.74) is 5.83. The van der Waals surface area contributed by atoms with Crippen LogP contribution in [0.25, 0.3) is 0 Å². The summed E-state index contributed by atoms with van der Waals surface area (Å²) in [6.07, 6.45) is 0.248. The second-order valence-electron chi connectivity index (χ2n) is 4.59. The van der Waals surface area contributed by atoms with Crippen molar-refractivity contribution in [2.45, 2.75) is 17.4 Å². The van der Waals surface area contributed by atoms with Crippen molar-refractivity contribution >= 4 is 25.5 Å². The van der Waals surface area contributed by atoms with Crippen molar-refractivity contribution in [1.29, 1.82) is 5.26 Å². The molecular formula is C11H13N3O4S2. The van der Waals surface area contributed by atoms with Crippen LogP contribution in [0.5, 0.6) is 0 Å². The minimum absolute atomic E-state index is 0.0248. The Bertz CT molecular complexity index is 778. The lowest BCUT2D eigenvalue weighted by atomic mass is 10.2. The van der Waals surface area contributed by atoms with Crippen LogP contribution >= 0.6 is 0 Å². The van der Waals surface area contributed by atoms with Gasteiger partial charge in [-0.15, -0.1) is 0 Å². The third kappa shape index (κ3) is 3.09. The molecule has 0 saturated carbocycles. The van der Waals surface area contributed by atoms with Gasteiger partial charge in [-0.1, -0.05) is 0 Å². The normalized spacial score (nSPS) is 21.4. The van der Waals surface area contributed by atoms with Crippen molar-refractivity contribution in [3.63, 3.8) is 0 Å².